The van der Waals surface area contributed by atoms with Crippen molar-refractivity contribution in [3.8, 4) is 0 Å². The van der Waals surface area contributed by atoms with Gasteiger partial charge in [0.1, 0.15) is 6.04 Å². The Morgan fingerprint density at radius 2 is 2.05 bits per heavy atom. The Balaban J connectivity index is 2.87. The molecule has 1 heterocycles. The average molecular weight is 284 g/mol. The van der Waals surface area contributed by atoms with Crippen LogP contribution in [0.25, 0.3) is 0 Å². The number of hydrogen-bond acceptors (Lipinski definition) is 4. The molecule has 1 amide bonds. The van der Waals surface area contributed by atoms with E-state index in [1.54, 1.807) is 0 Å². The van der Waals surface area contributed by atoms with Crippen molar-refractivity contribution in [3.63, 3.8) is 0 Å². The number of carbonyl (C=O) groups is 2. The third kappa shape index (κ3) is 3.16. The smallest absolute Gasteiger partial charge is 0.404 e. The monoisotopic (exact) mass is 284 g/mol. The van der Waals surface area contributed by atoms with Gasteiger partial charge in [0.05, 0.1) is 0 Å². The number of nitrogens with one attached hydrogen (secondary N) is 2. The van der Waals surface area contributed by atoms with Crippen LogP contribution < -0.4 is 10.6 Å². The predicted molar refractivity (Wildman–Crippen MR) is 57.2 cm³/mol. The van der Waals surface area contributed by atoms with Gasteiger partial charge in [-0.3, -0.25) is 4.79 Å². The molecule has 0 aromatic rings. The summed E-state index contributed by atoms with van der Waals surface area (Å²) >= 11 is 0. The van der Waals surface area contributed by atoms with Crippen LogP contribution in [0.15, 0.2) is 0 Å². The Labute approximate surface area is 107 Å². The van der Waals surface area contributed by atoms with Gasteiger partial charge in [-0.25, -0.2) is 4.79 Å². The highest BCUT2D eigenvalue weighted by atomic mass is 19.4. The van der Waals surface area contributed by atoms with E-state index in [1.165, 1.54) is 0 Å². The van der Waals surface area contributed by atoms with Crippen molar-refractivity contribution in [2.45, 2.75) is 25.1 Å². The van der Waals surface area contributed by atoms with E-state index in [0.717, 1.165) is 0 Å². The van der Waals surface area contributed by atoms with Gasteiger partial charge in [0.2, 0.25) is 5.91 Å². The third-order valence-electron chi connectivity index (χ3n) is 3.15. The van der Waals surface area contributed by atoms with Crippen molar-refractivity contribution in [2.75, 3.05) is 19.7 Å². The normalized spacial score (nSPS) is 25.1. The van der Waals surface area contributed by atoms with Gasteiger partial charge in [-0.2, -0.15) is 13.2 Å². The van der Waals surface area contributed by atoms with Crippen LogP contribution in [-0.2, 0) is 9.59 Å². The Morgan fingerprint density at radius 1 is 1.42 bits per heavy atom. The first-order valence-corrected chi connectivity index (χ1v) is 5.66. The van der Waals surface area contributed by atoms with Crippen LogP contribution in [-0.4, -0.2) is 54.0 Å². The summed E-state index contributed by atoms with van der Waals surface area (Å²) in [7, 11) is 0. The quantitative estimate of drug-likeness (QED) is 0.544. The number of rotatable bonds is 5. The predicted octanol–water partition coefficient (Wildman–Crippen LogP) is -0.520. The van der Waals surface area contributed by atoms with Crippen molar-refractivity contribution in [3.05, 3.63) is 0 Å². The Kier molecular flexibility index (Phi) is 4.75. The first kappa shape index (κ1) is 15.7. The van der Waals surface area contributed by atoms with Gasteiger partial charge >= 0.3 is 12.1 Å². The molecular formula is C10H15F3N2O4. The fourth-order valence-corrected chi connectivity index (χ4v) is 1.94. The standard InChI is InChI=1S/C10H15F3N2O4/c11-10(12,13)9(2-3-14-5-9)8(19)15-6(1-4-16)7(17)18/h6,14,16H,1-5H2,(H,15,19)(H,17,18)/t6-,9?/m0/s1. The van der Waals surface area contributed by atoms with Gasteiger partial charge in [0.15, 0.2) is 5.41 Å². The molecule has 1 aliphatic rings. The molecule has 1 rings (SSSR count). The topological polar surface area (TPSA) is 98.7 Å². The summed E-state index contributed by atoms with van der Waals surface area (Å²) in [6.07, 6.45) is -5.54. The summed E-state index contributed by atoms with van der Waals surface area (Å²) in [6, 6.07) is -1.53. The number of amides is 1. The lowest BCUT2D eigenvalue weighted by molar-refractivity contribution is -0.216. The van der Waals surface area contributed by atoms with E-state index in [-0.39, 0.29) is 13.0 Å². The molecule has 6 nitrogen and oxygen atoms in total. The summed E-state index contributed by atoms with van der Waals surface area (Å²) in [4.78, 5) is 22.6. The molecule has 0 aromatic heterocycles. The second-order valence-corrected chi connectivity index (χ2v) is 4.38. The maximum Gasteiger partial charge on any atom is 0.404 e. The number of alkyl halides is 3. The minimum atomic E-state index is -4.76. The van der Waals surface area contributed by atoms with Crippen LogP contribution in [0.4, 0.5) is 13.2 Å². The number of aliphatic hydroxyl groups excluding tert-OH is 1. The summed E-state index contributed by atoms with van der Waals surface area (Å²) in [5, 5.41) is 21.7. The fraction of sp³-hybridized carbons (Fsp3) is 0.800. The van der Waals surface area contributed by atoms with Gasteiger partial charge in [0.25, 0.3) is 0 Å². The van der Waals surface area contributed by atoms with Gasteiger partial charge in [-0.15, -0.1) is 0 Å². The molecule has 1 saturated heterocycles. The fourth-order valence-electron chi connectivity index (χ4n) is 1.94. The molecule has 0 saturated carbocycles. The Morgan fingerprint density at radius 3 is 2.42 bits per heavy atom. The minimum absolute atomic E-state index is 0.0324. The number of halogens is 3. The van der Waals surface area contributed by atoms with Crippen LogP contribution in [0.3, 0.4) is 0 Å². The van der Waals surface area contributed by atoms with E-state index in [9.17, 15) is 22.8 Å². The third-order valence-corrected chi connectivity index (χ3v) is 3.15. The molecule has 1 fully saturated rings. The maximum absolute atomic E-state index is 13.0. The molecule has 1 unspecified atom stereocenters. The number of aliphatic hydroxyl groups is 1. The lowest BCUT2D eigenvalue weighted by Crippen LogP contribution is -2.55. The van der Waals surface area contributed by atoms with E-state index in [2.05, 4.69) is 5.32 Å². The highest BCUT2D eigenvalue weighted by Gasteiger charge is 2.61. The van der Waals surface area contributed by atoms with Crippen molar-refractivity contribution >= 4 is 11.9 Å². The maximum atomic E-state index is 13.0. The van der Waals surface area contributed by atoms with Crippen molar-refractivity contribution < 1.29 is 33.0 Å². The van der Waals surface area contributed by atoms with Gasteiger partial charge in [-0.05, 0) is 13.0 Å². The SMILES string of the molecule is O=C(O)[C@H](CCO)NC(=O)C1(C(F)(F)F)CCNC1. The molecular weight excluding hydrogens is 269 g/mol. The van der Waals surface area contributed by atoms with Crippen LogP contribution in [0.2, 0.25) is 0 Å². The summed E-state index contributed by atoms with van der Waals surface area (Å²) in [5.74, 6) is -2.85. The Hall–Kier alpha value is -1.35. The molecule has 0 bridgehead atoms. The summed E-state index contributed by atoms with van der Waals surface area (Å²) < 4.78 is 39.0. The lowest BCUT2D eigenvalue weighted by Gasteiger charge is -2.30. The van der Waals surface area contributed by atoms with Crippen LogP contribution in [0.5, 0.6) is 0 Å². The van der Waals surface area contributed by atoms with E-state index >= 15 is 0 Å². The van der Waals surface area contributed by atoms with Crippen LogP contribution in [0.1, 0.15) is 12.8 Å². The largest absolute Gasteiger partial charge is 0.480 e. The highest BCUT2D eigenvalue weighted by Crippen LogP contribution is 2.43. The molecule has 4 N–H and O–H groups in total. The number of carboxylic acids is 1. The molecule has 0 aromatic carbocycles. The summed E-state index contributed by atoms with van der Waals surface area (Å²) in [6.45, 7) is -1.09. The number of carbonyl (C=O) groups excluding carboxylic acids is 1. The Bertz CT molecular complexity index is 353. The molecule has 2 atom stereocenters. The first-order chi connectivity index (χ1) is 8.74. The van der Waals surface area contributed by atoms with E-state index < -0.39 is 49.1 Å². The molecule has 0 radical (unpaired) electrons. The molecule has 19 heavy (non-hydrogen) atoms. The number of carboxylic acid groups (broad SMARTS) is 1. The van der Waals surface area contributed by atoms with Crippen LogP contribution >= 0.6 is 0 Å². The highest BCUT2D eigenvalue weighted by molar-refractivity contribution is 5.88. The second kappa shape index (κ2) is 5.74. The number of aliphatic carboxylic acids is 1. The zero-order valence-corrected chi connectivity index (χ0v) is 9.96. The minimum Gasteiger partial charge on any atom is -0.480 e. The van der Waals surface area contributed by atoms with Gasteiger partial charge < -0.3 is 20.8 Å². The first-order valence-electron chi connectivity index (χ1n) is 5.66. The zero-order chi connectivity index (χ0) is 14.7. The summed E-state index contributed by atoms with van der Waals surface area (Å²) in [5.41, 5.74) is -2.60. The average Bonchev–Trinajstić information content (AvgIpc) is 2.77. The second-order valence-electron chi connectivity index (χ2n) is 4.38. The van der Waals surface area contributed by atoms with E-state index in [0.29, 0.717) is 0 Å². The van der Waals surface area contributed by atoms with Gasteiger partial charge in [-0.1, -0.05) is 0 Å². The van der Waals surface area contributed by atoms with E-state index in [1.807, 2.05) is 5.32 Å². The van der Waals surface area contributed by atoms with Crippen molar-refractivity contribution in [1.82, 2.24) is 10.6 Å². The zero-order valence-electron chi connectivity index (χ0n) is 9.96. The molecule has 110 valence electrons. The van der Waals surface area contributed by atoms with E-state index in [4.69, 9.17) is 10.2 Å². The van der Waals surface area contributed by atoms with Crippen molar-refractivity contribution in [1.29, 1.82) is 0 Å². The van der Waals surface area contributed by atoms with Crippen LogP contribution in [0, 0.1) is 5.41 Å². The lowest BCUT2D eigenvalue weighted by atomic mass is 9.85. The molecule has 0 aliphatic carbocycles. The van der Waals surface area contributed by atoms with Crippen molar-refractivity contribution in [2.24, 2.45) is 5.41 Å². The number of hydrogen-bond donors (Lipinski definition) is 4. The molecule has 9 heteroatoms. The van der Waals surface area contributed by atoms with Gasteiger partial charge in [0, 0.05) is 19.6 Å². The molecule has 0 spiro atoms. The molecule has 1 aliphatic heterocycles.